The average Bonchev–Trinajstić information content (AvgIpc) is 2.62. The van der Waals surface area contributed by atoms with E-state index in [4.69, 9.17) is 0 Å². The summed E-state index contributed by atoms with van der Waals surface area (Å²) in [5.74, 6) is 1.99. The first-order valence-electron chi connectivity index (χ1n) is 5.99. The molecule has 3 atom stereocenters. The SMILES string of the molecule is CCCC(NC)C1CCC(CC)C1. The monoisotopic (exact) mass is 183 g/mol. The van der Waals surface area contributed by atoms with Crippen LogP contribution in [0.5, 0.6) is 0 Å². The molecule has 0 spiro atoms. The topological polar surface area (TPSA) is 12.0 Å². The van der Waals surface area contributed by atoms with Crippen LogP contribution in [0, 0.1) is 11.8 Å². The first-order valence-corrected chi connectivity index (χ1v) is 5.99. The van der Waals surface area contributed by atoms with Gasteiger partial charge in [0.1, 0.15) is 0 Å². The zero-order chi connectivity index (χ0) is 9.68. The van der Waals surface area contributed by atoms with Crippen molar-refractivity contribution >= 4 is 0 Å². The Hall–Kier alpha value is -0.0400. The highest BCUT2D eigenvalue weighted by atomic mass is 14.9. The lowest BCUT2D eigenvalue weighted by Crippen LogP contribution is -2.32. The van der Waals surface area contributed by atoms with Crippen LogP contribution in [0.4, 0.5) is 0 Å². The van der Waals surface area contributed by atoms with Crippen LogP contribution < -0.4 is 5.32 Å². The molecule has 3 unspecified atom stereocenters. The maximum absolute atomic E-state index is 3.49. The van der Waals surface area contributed by atoms with Crippen LogP contribution in [0.3, 0.4) is 0 Å². The van der Waals surface area contributed by atoms with Gasteiger partial charge in [-0.3, -0.25) is 0 Å². The zero-order valence-corrected chi connectivity index (χ0v) is 9.47. The normalized spacial score (nSPS) is 30.7. The Morgan fingerprint density at radius 2 is 2.08 bits per heavy atom. The van der Waals surface area contributed by atoms with Crippen molar-refractivity contribution in [2.45, 2.75) is 58.4 Å². The summed E-state index contributed by atoms with van der Waals surface area (Å²) in [5, 5.41) is 3.49. The molecule has 0 heterocycles. The molecular formula is C12H25N. The Balaban J connectivity index is 2.33. The highest BCUT2D eigenvalue weighted by Gasteiger charge is 2.28. The number of hydrogen-bond acceptors (Lipinski definition) is 1. The maximum atomic E-state index is 3.49. The van der Waals surface area contributed by atoms with Crippen molar-refractivity contribution in [1.82, 2.24) is 5.32 Å². The van der Waals surface area contributed by atoms with Gasteiger partial charge in [-0.2, -0.15) is 0 Å². The molecule has 1 nitrogen and oxygen atoms in total. The van der Waals surface area contributed by atoms with Gasteiger partial charge in [-0.1, -0.05) is 33.1 Å². The molecule has 1 aliphatic carbocycles. The highest BCUT2D eigenvalue weighted by Crippen LogP contribution is 2.35. The van der Waals surface area contributed by atoms with Gasteiger partial charge in [0, 0.05) is 6.04 Å². The molecule has 0 aromatic carbocycles. The Kier molecular flexibility index (Phi) is 4.79. The van der Waals surface area contributed by atoms with Crippen LogP contribution in [0.1, 0.15) is 52.4 Å². The molecule has 0 aromatic rings. The molecule has 0 saturated heterocycles. The van der Waals surface area contributed by atoms with E-state index < -0.39 is 0 Å². The highest BCUT2D eigenvalue weighted by molar-refractivity contribution is 4.83. The van der Waals surface area contributed by atoms with E-state index in [-0.39, 0.29) is 0 Å². The van der Waals surface area contributed by atoms with Gasteiger partial charge in [-0.25, -0.2) is 0 Å². The minimum absolute atomic E-state index is 0.793. The lowest BCUT2D eigenvalue weighted by atomic mass is 9.93. The summed E-state index contributed by atoms with van der Waals surface area (Å²) in [6.45, 7) is 4.62. The lowest BCUT2D eigenvalue weighted by molar-refractivity contribution is 0.344. The fourth-order valence-electron chi connectivity index (χ4n) is 2.78. The van der Waals surface area contributed by atoms with Gasteiger partial charge in [0.2, 0.25) is 0 Å². The molecule has 1 saturated carbocycles. The van der Waals surface area contributed by atoms with Crippen molar-refractivity contribution in [2.24, 2.45) is 11.8 Å². The third kappa shape index (κ3) is 2.98. The summed E-state index contributed by atoms with van der Waals surface area (Å²) in [7, 11) is 2.12. The fourth-order valence-corrected chi connectivity index (χ4v) is 2.78. The third-order valence-electron chi connectivity index (χ3n) is 3.70. The zero-order valence-electron chi connectivity index (χ0n) is 9.47. The van der Waals surface area contributed by atoms with Crippen molar-refractivity contribution in [3.05, 3.63) is 0 Å². The second-order valence-electron chi connectivity index (χ2n) is 4.53. The summed E-state index contributed by atoms with van der Waals surface area (Å²) in [6.07, 6.45) is 8.48. The second kappa shape index (κ2) is 5.64. The predicted octanol–water partition coefficient (Wildman–Crippen LogP) is 3.20. The molecule has 78 valence electrons. The minimum Gasteiger partial charge on any atom is -0.317 e. The van der Waals surface area contributed by atoms with Gasteiger partial charge in [0.05, 0.1) is 0 Å². The van der Waals surface area contributed by atoms with Crippen molar-refractivity contribution in [1.29, 1.82) is 0 Å². The minimum atomic E-state index is 0.793. The Morgan fingerprint density at radius 3 is 2.54 bits per heavy atom. The predicted molar refractivity (Wildman–Crippen MR) is 58.9 cm³/mol. The fraction of sp³-hybridized carbons (Fsp3) is 1.00. The van der Waals surface area contributed by atoms with E-state index in [2.05, 4.69) is 26.2 Å². The van der Waals surface area contributed by atoms with E-state index in [1.165, 1.54) is 38.5 Å². The molecule has 1 heteroatoms. The molecule has 13 heavy (non-hydrogen) atoms. The van der Waals surface area contributed by atoms with Crippen LogP contribution >= 0.6 is 0 Å². The van der Waals surface area contributed by atoms with Gasteiger partial charge in [-0.15, -0.1) is 0 Å². The molecule has 1 aliphatic rings. The molecule has 1 rings (SSSR count). The first-order chi connectivity index (χ1) is 6.31. The summed E-state index contributed by atoms with van der Waals surface area (Å²) in [4.78, 5) is 0. The standard InChI is InChI=1S/C12H25N/c1-4-6-12(13-3)11-8-7-10(5-2)9-11/h10-13H,4-9H2,1-3H3. The lowest BCUT2D eigenvalue weighted by Gasteiger charge is -2.22. The molecule has 0 aliphatic heterocycles. The third-order valence-corrected chi connectivity index (χ3v) is 3.70. The summed E-state index contributed by atoms with van der Waals surface area (Å²) in [5.41, 5.74) is 0. The van der Waals surface area contributed by atoms with E-state index in [9.17, 15) is 0 Å². The van der Waals surface area contributed by atoms with Gasteiger partial charge in [0.15, 0.2) is 0 Å². The smallest absolute Gasteiger partial charge is 0.00923 e. The van der Waals surface area contributed by atoms with E-state index in [0.717, 1.165) is 17.9 Å². The molecule has 0 radical (unpaired) electrons. The molecule has 0 aromatic heterocycles. The van der Waals surface area contributed by atoms with E-state index in [1.807, 2.05) is 0 Å². The summed E-state index contributed by atoms with van der Waals surface area (Å²) in [6, 6.07) is 0.793. The van der Waals surface area contributed by atoms with Crippen molar-refractivity contribution in [3.63, 3.8) is 0 Å². The number of rotatable bonds is 5. The quantitative estimate of drug-likeness (QED) is 0.690. The van der Waals surface area contributed by atoms with E-state index in [1.54, 1.807) is 0 Å². The van der Waals surface area contributed by atoms with E-state index in [0.29, 0.717) is 0 Å². The Labute approximate surface area is 83.3 Å². The largest absolute Gasteiger partial charge is 0.317 e. The van der Waals surface area contributed by atoms with Crippen LogP contribution in [0.2, 0.25) is 0 Å². The first kappa shape index (κ1) is 11.0. The molecule has 1 fully saturated rings. The molecule has 0 amide bonds. The van der Waals surface area contributed by atoms with Crippen molar-refractivity contribution in [2.75, 3.05) is 7.05 Å². The number of nitrogens with one attached hydrogen (secondary N) is 1. The van der Waals surface area contributed by atoms with Crippen molar-refractivity contribution in [3.8, 4) is 0 Å². The van der Waals surface area contributed by atoms with Crippen LogP contribution in [-0.4, -0.2) is 13.1 Å². The maximum Gasteiger partial charge on any atom is 0.00923 e. The van der Waals surface area contributed by atoms with Crippen molar-refractivity contribution < 1.29 is 0 Å². The second-order valence-corrected chi connectivity index (χ2v) is 4.53. The average molecular weight is 183 g/mol. The molecule has 1 N–H and O–H groups in total. The number of hydrogen-bond donors (Lipinski definition) is 1. The van der Waals surface area contributed by atoms with Crippen LogP contribution in [0.25, 0.3) is 0 Å². The van der Waals surface area contributed by atoms with Gasteiger partial charge in [-0.05, 0) is 38.1 Å². The Bertz CT molecular complexity index is 133. The van der Waals surface area contributed by atoms with Gasteiger partial charge in [0.25, 0.3) is 0 Å². The Morgan fingerprint density at radius 1 is 1.31 bits per heavy atom. The van der Waals surface area contributed by atoms with Gasteiger partial charge >= 0.3 is 0 Å². The summed E-state index contributed by atoms with van der Waals surface area (Å²) < 4.78 is 0. The summed E-state index contributed by atoms with van der Waals surface area (Å²) >= 11 is 0. The van der Waals surface area contributed by atoms with Gasteiger partial charge < -0.3 is 5.32 Å². The molecule has 0 bridgehead atoms. The molecular weight excluding hydrogens is 158 g/mol. The van der Waals surface area contributed by atoms with Crippen LogP contribution in [0.15, 0.2) is 0 Å². The van der Waals surface area contributed by atoms with E-state index >= 15 is 0 Å². The van der Waals surface area contributed by atoms with Crippen LogP contribution in [-0.2, 0) is 0 Å².